The van der Waals surface area contributed by atoms with Crippen molar-refractivity contribution in [2.24, 2.45) is 0 Å². The fourth-order valence-corrected chi connectivity index (χ4v) is 0. The van der Waals surface area contributed by atoms with Gasteiger partial charge in [0.15, 0.2) is 17.4 Å². The second kappa shape index (κ2) is 27.4. The molecule has 0 atom stereocenters. The first-order chi connectivity index (χ1) is 0. The maximum atomic E-state index is 0. The molecule has 0 rings (SSSR count). The maximum absolute atomic E-state index is 0. The molecule has 0 unspecified atom stereocenters. The average Bonchev–Trinajstić information content (AvgIpc) is 0. The van der Waals surface area contributed by atoms with Gasteiger partial charge in [0.1, 0.15) is 0 Å². The van der Waals surface area contributed by atoms with Crippen molar-refractivity contribution in [1.29, 1.82) is 0 Å². The van der Waals surface area contributed by atoms with Gasteiger partial charge in [-0.3, -0.25) is 0 Å². The predicted molar refractivity (Wildman–Crippen MR) is 23.5 cm³/mol. The molecule has 1 nitrogen and oxygen atoms in total. The molecule has 0 radical (unpaired) electrons. The van der Waals surface area contributed by atoms with Crippen LogP contribution in [0.5, 0.6) is 0 Å². The van der Waals surface area contributed by atoms with Crippen LogP contribution in [0.25, 0.3) is 0 Å². The molecule has 0 aromatic heterocycles. The Morgan fingerprint density at radius 1 is 1.00 bits per heavy atom. The number of rotatable bonds is 0. The molecule has 0 aliphatic rings. The molecule has 5 heavy (non-hydrogen) atoms. The molecule has 0 aromatic rings. The zero-order valence-corrected chi connectivity index (χ0v) is 13.8. The zero-order valence-electron chi connectivity index (χ0n) is 2.21. The van der Waals surface area contributed by atoms with E-state index >= 15 is 0 Å². The molecule has 0 saturated heterocycles. The van der Waals surface area contributed by atoms with Gasteiger partial charge in [0, 0.05) is 52.0 Å². The SMILES string of the molecule is O.[AlH3].[BiH3].[Hf].[Zr]. The van der Waals surface area contributed by atoms with E-state index < -0.39 is 0 Å². The van der Waals surface area contributed by atoms with Crippen molar-refractivity contribution in [3.05, 3.63) is 0 Å². The molecule has 0 aromatic carbocycles. The summed E-state index contributed by atoms with van der Waals surface area (Å²) in [6.07, 6.45) is 0. The first-order valence-corrected chi connectivity index (χ1v) is 0. The van der Waals surface area contributed by atoms with Crippen LogP contribution in [0.15, 0.2) is 0 Å². The van der Waals surface area contributed by atoms with Crippen molar-refractivity contribution < 1.29 is 57.5 Å². The molecule has 0 fully saturated rings. The molecule has 30 valence electrons. The molecule has 0 heterocycles. The molecule has 0 spiro atoms. The fourth-order valence-electron chi connectivity index (χ4n) is 0. The van der Waals surface area contributed by atoms with E-state index in [1.165, 1.54) is 0 Å². The van der Waals surface area contributed by atoms with E-state index in [9.17, 15) is 0 Å². The van der Waals surface area contributed by atoms with Gasteiger partial charge in [0.2, 0.25) is 0 Å². The smallest absolute Gasteiger partial charge is 0 e. The van der Waals surface area contributed by atoms with Crippen LogP contribution in [0.4, 0.5) is 0 Å². The topological polar surface area (TPSA) is 31.5 Å². The summed E-state index contributed by atoms with van der Waals surface area (Å²) in [6, 6.07) is 0. The Balaban J connectivity index is 0. The normalized spacial score (nSPS) is 0. The first kappa shape index (κ1) is 42.2. The van der Waals surface area contributed by atoms with Gasteiger partial charge in [-0.05, 0) is 0 Å². The van der Waals surface area contributed by atoms with E-state index in [1.807, 2.05) is 0 Å². The van der Waals surface area contributed by atoms with Crippen molar-refractivity contribution >= 4 is 43.6 Å². The zero-order chi connectivity index (χ0) is 0. The van der Waals surface area contributed by atoms with Gasteiger partial charge in [-0.25, -0.2) is 0 Å². The van der Waals surface area contributed by atoms with Crippen LogP contribution in [0.1, 0.15) is 0 Å². The number of hydrogen-bond donors (Lipinski definition) is 0. The second-order valence-electron chi connectivity index (χ2n) is 0. The standard InChI is InChI=1S/Al.Bi.Hf.H2O.Zr.6H/h;;;1H2;;;;;;;. The summed E-state index contributed by atoms with van der Waals surface area (Å²) in [5.41, 5.74) is 0. The Labute approximate surface area is 99.1 Å². The van der Waals surface area contributed by atoms with Gasteiger partial charge in [-0.1, -0.05) is 0 Å². The molecule has 5 heteroatoms. The summed E-state index contributed by atoms with van der Waals surface area (Å²) in [6.45, 7) is 0. The second-order valence-corrected chi connectivity index (χ2v) is 0. The van der Waals surface area contributed by atoms with Crippen LogP contribution < -0.4 is 0 Å². The third-order valence-electron chi connectivity index (χ3n) is 0. The molecule has 0 aliphatic heterocycles. The monoisotopic (exact) mass is 530 g/mol. The average molecular weight is 530 g/mol. The quantitative estimate of drug-likeness (QED) is 0.296. The fraction of sp³-hybridized carbons (Fsp3) is 0. The Bertz CT molecular complexity index is 11.6. The van der Waals surface area contributed by atoms with E-state index in [0.29, 0.717) is 0 Å². The van der Waals surface area contributed by atoms with Crippen LogP contribution in [-0.2, 0) is 52.0 Å². The minimum absolute atomic E-state index is 0. The third-order valence-corrected chi connectivity index (χ3v) is 0. The van der Waals surface area contributed by atoms with Crippen LogP contribution in [0.3, 0.4) is 0 Å². The summed E-state index contributed by atoms with van der Waals surface area (Å²) >= 11 is 0. The van der Waals surface area contributed by atoms with Crippen LogP contribution in [0, 0.1) is 0 Å². The Morgan fingerprint density at radius 3 is 1.00 bits per heavy atom. The van der Waals surface area contributed by atoms with Crippen molar-refractivity contribution in [2.45, 2.75) is 0 Å². The van der Waals surface area contributed by atoms with Gasteiger partial charge in [0.25, 0.3) is 0 Å². The van der Waals surface area contributed by atoms with Crippen molar-refractivity contribution in [1.82, 2.24) is 0 Å². The third kappa shape index (κ3) is 19.2. The van der Waals surface area contributed by atoms with E-state index in [4.69, 9.17) is 0 Å². The van der Waals surface area contributed by atoms with Crippen molar-refractivity contribution in [3.63, 3.8) is 0 Å². The maximum Gasteiger partial charge on any atom is 0 e. The molecule has 2 N–H and O–H groups in total. The van der Waals surface area contributed by atoms with Gasteiger partial charge in [-0.15, -0.1) is 0 Å². The van der Waals surface area contributed by atoms with Gasteiger partial charge in [0.05, 0.1) is 0 Å². The van der Waals surface area contributed by atoms with E-state index in [2.05, 4.69) is 0 Å². The van der Waals surface area contributed by atoms with Crippen LogP contribution >= 0.6 is 0 Å². The summed E-state index contributed by atoms with van der Waals surface area (Å²) in [4.78, 5) is 0. The summed E-state index contributed by atoms with van der Waals surface area (Å²) in [7, 11) is 0. The Hall–Kier alpha value is 3.13. The van der Waals surface area contributed by atoms with Crippen LogP contribution in [0.2, 0.25) is 0 Å². The van der Waals surface area contributed by atoms with E-state index in [0.717, 1.165) is 0 Å². The van der Waals surface area contributed by atoms with Gasteiger partial charge in [-0.2, -0.15) is 0 Å². The molecule has 0 bridgehead atoms. The summed E-state index contributed by atoms with van der Waals surface area (Å²) in [5.74, 6) is 0. The van der Waals surface area contributed by atoms with Crippen LogP contribution in [-0.4, -0.2) is 49.0 Å². The van der Waals surface area contributed by atoms with Gasteiger partial charge >= 0.3 is 26.2 Å². The minimum Gasteiger partial charge on any atom is 0 e. The number of hydrogen-bond acceptors (Lipinski definition) is 0. The molecule has 0 aliphatic carbocycles. The summed E-state index contributed by atoms with van der Waals surface area (Å²) in [5, 5.41) is 0. The Morgan fingerprint density at radius 2 is 1.00 bits per heavy atom. The minimum atomic E-state index is 0. The molecule has 0 saturated carbocycles. The first-order valence-electron chi connectivity index (χ1n) is 0. The largest absolute Gasteiger partial charge is 0 e. The van der Waals surface area contributed by atoms with E-state index in [1.54, 1.807) is 0 Å². The predicted octanol–water partition coefficient (Wildman–Crippen LogP) is -3.20. The molecular formula is H8AlBiHfOZr. The molecular weight excluding hydrogens is 522 g/mol. The molecule has 0 amide bonds. The summed E-state index contributed by atoms with van der Waals surface area (Å²) < 4.78 is 0. The van der Waals surface area contributed by atoms with E-state index in [-0.39, 0.29) is 101 Å². The van der Waals surface area contributed by atoms with Crippen molar-refractivity contribution in [3.8, 4) is 0 Å². The Kier molecular flexibility index (Phi) is 231. The van der Waals surface area contributed by atoms with Gasteiger partial charge < -0.3 is 5.48 Å². The van der Waals surface area contributed by atoms with Crippen molar-refractivity contribution in [2.75, 3.05) is 0 Å².